The Morgan fingerprint density at radius 2 is 1.61 bits per heavy atom. The number of nitrogens with zero attached hydrogens (tertiary/aromatic N) is 2. The van der Waals surface area contributed by atoms with Gasteiger partial charge in [-0.25, -0.2) is 4.68 Å². The first kappa shape index (κ1) is 23.3. The standard InChI is InChI=1S/C18H11F6N3OS3/c19-17(20,21)10-6-11(18(22,23)24)8-12(7-10)25-14(28)9-30-15-26-27(16(29)31-15)13-4-2-1-3-5-13/h1-8H,9H2,(H,25,28). The van der Waals surface area contributed by atoms with Crippen LogP contribution in [0.1, 0.15) is 11.1 Å². The van der Waals surface area contributed by atoms with Gasteiger partial charge in [0.2, 0.25) is 5.91 Å². The number of alkyl halides is 6. The van der Waals surface area contributed by atoms with E-state index in [4.69, 9.17) is 12.2 Å². The van der Waals surface area contributed by atoms with Gasteiger partial charge in [0.1, 0.15) is 0 Å². The van der Waals surface area contributed by atoms with Gasteiger partial charge in [-0.3, -0.25) is 4.79 Å². The first-order valence-corrected chi connectivity index (χ1v) is 10.5. The maximum absolute atomic E-state index is 12.9. The van der Waals surface area contributed by atoms with E-state index in [1.165, 1.54) is 4.68 Å². The molecule has 1 aromatic heterocycles. The lowest BCUT2D eigenvalue weighted by molar-refractivity contribution is -0.143. The van der Waals surface area contributed by atoms with Gasteiger partial charge < -0.3 is 5.32 Å². The van der Waals surface area contributed by atoms with Crippen LogP contribution in [0, 0.1) is 3.95 Å². The van der Waals surface area contributed by atoms with E-state index in [-0.39, 0.29) is 11.8 Å². The Hall–Kier alpha value is -2.38. The van der Waals surface area contributed by atoms with Crippen LogP contribution in [0.15, 0.2) is 52.9 Å². The van der Waals surface area contributed by atoms with Crippen molar-refractivity contribution in [1.82, 2.24) is 9.78 Å². The number of benzene rings is 2. The van der Waals surface area contributed by atoms with E-state index in [9.17, 15) is 31.1 Å². The number of thioether (sulfide) groups is 1. The number of halogens is 6. The third kappa shape index (κ3) is 6.08. The Morgan fingerprint density at radius 3 is 2.16 bits per heavy atom. The van der Waals surface area contributed by atoms with E-state index in [0.717, 1.165) is 23.1 Å². The second-order valence-corrected chi connectivity index (χ2v) is 8.86. The normalized spacial score (nSPS) is 12.1. The molecule has 164 valence electrons. The topological polar surface area (TPSA) is 46.9 Å². The van der Waals surface area contributed by atoms with Gasteiger partial charge in [-0.15, -0.1) is 5.10 Å². The minimum Gasteiger partial charge on any atom is -0.325 e. The number of aromatic nitrogens is 2. The number of carbonyl (C=O) groups is 1. The first-order chi connectivity index (χ1) is 14.4. The van der Waals surface area contributed by atoms with Gasteiger partial charge in [-0.2, -0.15) is 26.3 Å². The summed E-state index contributed by atoms with van der Waals surface area (Å²) in [4.78, 5) is 12.1. The smallest absolute Gasteiger partial charge is 0.325 e. The van der Waals surface area contributed by atoms with Crippen molar-refractivity contribution in [2.24, 2.45) is 0 Å². The van der Waals surface area contributed by atoms with Gasteiger partial charge in [0.05, 0.1) is 22.6 Å². The third-order valence-electron chi connectivity index (χ3n) is 3.73. The Morgan fingerprint density at radius 1 is 1.03 bits per heavy atom. The van der Waals surface area contributed by atoms with Crippen LogP contribution < -0.4 is 5.32 Å². The number of carbonyl (C=O) groups excluding carboxylic acids is 1. The van der Waals surface area contributed by atoms with Gasteiger partial charge in [0.15, 0.2) is 8.29 Å². The van der Waals surface area contributed by atoms with Crippen molar-refractivity contribution in [2.45, 2.75) is 16.7 Å². The molecule has 1 N–H and O–H groups in total. The highest BCUT2D eigenvalue weighted by atomic mass is 32.2. The molecule has 0 atom stereocenters. The van der Waals surface area contributed by atoms with E-state index in [0.29, 0.717) is 26.1 Å². The highest BCUT2D eigenvalue weighted by Gasteiger charge is 2.37. The van der Waals surface area contributed by atoms with Crippen molar-refractivity contribution < 1.29 is 31.1 Å². The fourth-order valence-electron chi connectivity index (χ4n) is 2.40. The monoisotopic (exact) mass is 495 g/mol. The number of hydrogen-bond donors (Lipinski definition) is 1. The molecular weight excluding hydrogens is 484 g/mol. The molecule has 3 aromatic rings. The number of rotatable bonds is 5. The second kappa shape index (κ2) is 9.01. The van der Waals surface area contributed by atoms with Crippen LogP contribution in [0.25, 0.3) is 5.69 Å². The summed E-state index contributed by atoms with van der Waals surface area (Å²) in [5.41, 5.74) is -2.91. The number of para-hydroxylation sites is 1. The van der Waals surface area contributed by atoms with E-state index < -0.39 is 35.1 Å². The van der Waals surface area contributed by atoms with Gasteiger partial charge in [0.25, 0.3) is 0 Å². The maximum Gasteiger partial charge on any atom is 0.416 e. The molecule has 0 saturated carbocycles. The Balaban J connectivity index is 1.72. The number of nitrogens with one attached hydrogen (secondary N) is 1. The number of hydrogen-bond acceptors (Lipinski definition) is 5. The molecule has 1 heterocycles. The molecule has 31 heavy (non-hydrogen) atoms. The van der Waals surface area contributed by atoms with Crippen LogP contribution in [-0.4, -0.2) is 21.4 Å². The minimum atomic E-state index is -5.00. The molecule has 0 saturated heterocycles. The lowest BCUT2D eigenvalue weighted by Crippen LogP contribution is -2.17. The Kier molecular flexibility index (Phi) is 6.76. The summed E-state index contributed by atoms with van der Waals surface area (Å²) < 4.78 is 79.8. The summed E-state index contributed by atoms with van der Waals surface area (Å²) in [6.07, 6.45) is -10.00. The van der Waals surface area contributed by atoms with Crippen molar-refractivity contribution in [2.75, 3.05) is 11.1 Å². The van der Waals surface area contributed by atoms with Crippen molar-refractivity contribution in [3.8, 4) is 5.69 Å². The summed E-state index contributed by atoms with van der Waals surface area (Å²) in [7, 11) is 0. The highest BCUT2D eigenvalue weighted by Crippen LogP contribution is 2.37. The van der Waals surface area contributed by atoms with Crippen LogP contribution in [0.3, 0.4) is 0 Å². The summed E-state index contributed by atoms with van der Waals surface area (Å²) in [5.74, 6) is -1.07. The van der Waals surface area contributed by atoms with Crippen molar-refractivity contribution in [3.63, 3.8) is 0 Å². The molecule has 2 aromatic carbocycles. The highest BCUT2D eigenvalue weighted by molar-refractivity contribution is 8.01. The van der Waals surface area contributed by atoms with E-state index in [1.807, 2.05) is 6.07 Å². The second-order valence-electron chi connectivity index (χ2n) is 6.01. The molecule has 0 unspecified atom stereocenters. The zero-order valence-corrected chi connectivity index (χ0v) is 17.6. The van der Waals surface area contributed by atoms with Gasteiger partial charge >= 0.3 is 12.4 Å². The minimum absolute atomic E-state index is 0.00653. The Labute approximate surface area is 184 Å². The fraction of sp³-hybridized carbons (Fsp3) is 0.167. The Bertz CT molecular complexity index is 1110. The molecule has 4 nitrogen and oxygen atoms in total. The SMILES string of the molecule is O=C(CSc1nn(-c2ccccc2)c(=S)s1)Nc1cc(C(F)(F)F)cc(C(F)(F)F)c1. The van der Waals surface area contributed by atoms with Gasteiger partial charge in [-0.1, -0.05) is 41.3 Å². The molecule has 0 spiro atoms. The predicted octanol–water partition coefficient (Wildman–Crippen LogP) is 6.43. The summed E-state index contributed by atoms with van der Waals surface area (Å²) >= 11 is 7.31. The van der Waals surface area contributed by atoms with Gasteiger partial charge in [0, 0.05) is 5.69 Å². The fourth-order valence-corrected chi connectivity index (χ4v) is 4.56. The third-order valence-corrected chi connectivity index (χ3v) is 6.09. The summed E-state index contributed by atoms with van der Waals surface area (Å²) in [6.45, 7) is 0. The average molecular weight is 495 g/mol. The first-order valence-electron chi connectivity index (χ1n) is 8.31. The zero-order chi connectivity index (χ0) is 22.8. The molecule has 0 aliphatic heterocycles. The van der Waals surface area contributed by atoms with E-state index in [2.05, 4.69) is 10.4 Å². The quantitative estimate of drug-likeness (QED) is 0.252. The zero-order valence-electron chi connectivity index (χ0n) is 15.1. The molecule has 0 fully saturated rings. The largest absolute Gasteiger partial charge is 0.416 e. The maximum atomic E-state index is 12.9. The lowest BCUT2D eigenvalue weighted by atomic mass is 10.1. The van der Waals surface area contributed by atoms with Gasteiger partial charge in [-0.05, 0) is 42.5 Å². The van der Waals surface area contributed by atoms with Crippen LogP contribution in [0.2, 0.25) is 0 Å². The van der Waals surface area contributed by atoms with Crippen LogP contribution in [0.4, 0.5) is 32.0 Å². The molecule has 0 aliphatic rings. The molecular formula is C18H11F6N3OS3. The van der Waals surface area contributed by atoms with Crippen molar-refractivity contribution in [1.29, 1.82) is 0 Å². The molecule has 0 aliphatic carbocycles. The average Bonchev–Trinajstić information content (AvgIpc) is 3.06. The predicted molar refractivity (Wildman–Crippen MR) is 108 cm³/mol. The number of anilines is 1. The van der Waals surface area contributed by atoms with Crippen LogP contribution >= 0.6 is 35.3 Å². The summed E-state index contributed by atoms with van der Waals surface area (Å²) in [6, 6.07) is 9.86. The molecule has 13 heteroatoms. The molecule has 0 bridgehead atoms. The van der Waals surface area contributed by atoms with Crippen molar-refractivity contribution >= 4 is 46.9 Å². The van der Waals surface area contributed by atoms with Crippen LogP contribution in [-0.2, 0) is 17.1 Å². The van der Waals surface area contributed by atoms with Crippen LogP contribution in [0.5, 0.6) is 0 Å². The van der Waals surface area contributed by atoms with E-state index >= 15 is 0 Å². The van der Waals surface area contributed by atoms with Crippen molar-refractivity contribution in [3.05, 3.63) is 63.6 Å². The molecule has 1 amide bonds. The summed E-state index contributed by atoms with van der Waals surface area (Å²) in [5, 5.41) is 6.34. The lowest BCUT2D eigenvalue weighted by Gasteiger charge is -2.14. The van der Waals surface area contributed by atoms with E-state index in [1.54, 1.807) is 24.3 Å². The molecule has 3 rings (SSSR count). The molecule has 0 radical (unpaired) electrons. The number of amides is 1.